The van der Waals surface area contributed by atoms with Gasteiger partial charge in [-0.25, -0.2) is 14.4 Å². The average molecular weight is 512 g/mol. The number of carbonyl (C=O) groups excluding carboxylic acids is 2. The molecule has 37 heavy (non-hydrogen) atoms. The van der Waals surface area contributed by atoms with Crippen LogP contribution >= 0.6 is 0 Å². The highest BCUT2D eigenvalue weighted by Crippen LogP contribution is 2.33. The molecule has 2 aromatic carbocycles. The quantitative estimate of drug-likeness (QED) is 0.365. The third kappa shape index (κ3) is 6.63. The van der Waals surface area contributed by atoms with E-state index >= 15 is 0 Å². The maximum Gasteiger partial charge on any atom is 0.344 e. The van der Waals surface area contributed by atoms with E-state index in [2.05, 4.69) is 4.98 Å². The molecule has 4 atom stereocenters. The first kappa shape index (κ1) is 25.7. The zero-order valence-corrected chi connectivity index (χ0v) is 19.4. The van der Waals surface area contributed by atoms with Gasteiger partial charge in [-0.2, -0.15) is 0 Å². The number of nitrogens with one attached hydrogen (secondary N) is 1. The summed E-state index contributed by atoms with van der Waals surface area (Å²) in [7, 11) is 0. The van der Waals surface area contributed by atoms with Gasteiger partial charge in [-0.3, -0.25) is 14.3 Å². The number of rotatable bonds is 10. The fraction of sp³-hybridized carbons (Fsp3) is 0.280. The molecule has 12 nitrogen and oxygen atoms in total. The minimum atomic E-state index is -1.37. The highest BCUT2D eigenvalue weighted by molar-refractivity contribution is 5.72. The van der Waals surface area contributed by atoms with Gasteiger partial charge >= 0.3 is 17.6 Å². The first-order valence-electron chi connectivity index (χ1n) is 11.3. The molecule has 0 aliphatic carbocycles. The largest absolute Gasteiger partial charge is 0.482 e. The molecule has 0 spiro atoms. The van der Waals surface area contributed by atoms with Crippen LogP contribution in [0.3, 0.4) is 0 Å². The Kier molecular flexibility index (Phi) is 8.33. The second kappa shape index (κ2) is 12.0. The summed E-state index contributed by atoms with van der Waals surface area (Å²) in [4.78, 5) is 51.2. The number of aromatic amines is 1. The number of aliphatic hydroxyl groups is 1. The molecular formula is C25H24N2O10. The molecule has 3 aromatic rings. The smallest absolute Gasteiger partial charge is 0.344 e. The number of aromatic nitrogens is 2. The Labute approximate surface area is 209 Å². The maximum absolute atomic E-state index is 12.6. The van der Waals surface area contributed by atoms with Gasteiger partial charge in [0, 0.05) is 12.3 Å². The average Bonchev–Trinajstić information content (AvgIpc) is 3.23. The fourth-order valence-electron chi connectivity index (χ4n) is 3.66. The first-order valence-corrected chi connectivity index (χ1v) is 11.3. The molecule has 2 N–H and O–H groups in total. The predicted octanol–water partition coefficient (Wildman–Crippen LogP) is 0.408. The molecule has 0 saturated carbocycles. The summed E-state index contributed by atoms with van der Waals surface area (Å²) in [6, 6.07) is 18.1. The molecule has 0 bridgehead atoms. The van der Waals surface area contributed by atoms with Crippen molar-refractivity contribution >= 4 is 11.9 Å². The number of aliphatic hydroxyl groups excluding tert-OH is 1. The lowest BCUT2D eigenvalue weighted by Gasteiger charge is -2.24. The van der Waals surface area contributed by atoms with Crippen molar-refractivity contribution in [1.29, 1.82) is 0 Å². The Morgan fingerprint density at radius 2 is 1.38 bits per heavy atom. The van der Waals surface area contributed by atoms with E-state index < -0.39 is 67.5 Å². The van der Waals surface area contributed by atoms with Gasteiger partial charge in [0.1, 0.15) is 17.6 Å². The van der Waals surface area contributed by atoms with Crippen LogP contribution in [-0.2, 0) is 23.8 Å². The van der Waals surface area contributed by atoms with Crippen molar-refractivity contribution in [2.24, 2.45) is 0 Å². The second-order valence-electron chi connectivity index (χ2n) is 7.88. The number of carbonyl (C=O) groups is 2. The van der Waals surface area contributed by atoms with E-state index in [9.17, 15) is 24.3 Å². The van der Waals surface area contributed by atoms with Gasteiger partial charge in [0.25, 0.3) is 5.56 Å². The van der Waals surface area contributed by atoms with Gasteiger partial charge < -0.3 is 28.8 Å². The highest BCUT2D eigenvalue weighted by atomic mass is 16.7. The maximum atomic E-state index is 12.6. The number of nitrogens with zero attached hydrogens (tertiary/aromatic N) is 1. The molecule has 0 amide bonds. The fourth-order valence-corrected chi connectivity index (χ4v) is 3.66. The number of hydrogen-bond donors (Lipinski definition) is 2. The molecule has 1 aliphatic heterocycles. The van der Waals surface area contributed by atoms with Crippen LogP contribution in [0.2, 0.25) is 0 Å². The number of H-pyrrole nitrogens is 1. The van der Waals surface area contributed by atoms with E-state index in [1.807, 2.05) is 0 Å². The lowest BCUT2D eigenvalue weighted by Crippen LogP contribution is -2.43. The second-order valence-corrected chi connectivity index (χ2v) is 7.88. The van der Waals surface area contributed by atoms with Crippen molar-refractivity contribution in [1.82, 2.24) is 9.55 Å². The van der Waals surface area contributed by atoms with E-state index in [0.717, 1.165) is 16.8 Å². The minimum absolute atomic E-state index is 0.421. The number of esters is 2. The van der Waals surface area contributed by atoms with E-state index in [-0.39, 0.29) is 0 Å². The van der Waals surface area contributed by atoms with Crippen molar-refractivity contribution in [3.8, 4) is 11.5 Å². The molecule has 0 radical (unpaired) electrons. The standard InChI is InChI=1S/C25H24N2O10/c28-13-18-22(36-20(30)14-33-16-7-3-1-4-8-16)23(24(35-18)27-12-11-19(29)26-25(27)32)37-21(31)15-34-17-9-5-2-6-10-17/h1-12,18,22-24,28H,13-15H2,(H,26,29,32)/t18-,22-,23-,24-/m1/s1. The number of ether oxygens (including phenoxy) is 5. The molecule has 2 heterocycles. The molecule has 1 saturated heterocycles. The topological polar surface area (TPSA) is 155 Å². The van der Waals surface area contributed by atoms with Gasteiger partial charge in [0.05, 0.1) is 6.61 Å². The highest BCUT2D eigenvalue weighted by Gasteiger charge is 2.50. The Morgan fingerprint density at radius 1 is 0.838 bits per heavy atom. The third-order valence-corrected chi connectivity index (χ3v) is 5.33. The van der Waals surface area contributed by atoms with Crippen LogP contribution in [0.1, 0.15) is 6.23 Å². The summed E-state index contributed by atoms with van der Waals surface area (Å²) in [5.41, 5.74) is -1.50. The van der Waals surface area contributed by atoms with E-state index in [0.29, 0.717) is 11.5 Å². The molecule has 1 aromatic heterocycles. The zero-order valence-electron chi connectivity index (χ0n) is 19.4. The molecule has 0 unspecified atom stereocenters. The normalized spacial score (nSPS) is 20.7. The van der Waals surface area contributed by atoms with E-state index in [4.69, 9.17) is 23.7 Å². The van der Waals surface area contributed by atoms with E-state index in [1.165, 1.54) is 0 Å². The van der Waals surface area contributed by atoms with Gasteiger partial charge in [0.15, 0.2) is 31.6 Å². The molecule has 194 valence electrons. The molecule has 1 fully saturated rings. The van der Waals surface area contributed by atoms with Gasteiger partial charge in [-0.15, -0.1) is 0 Å². The van der Waals surface area contributed by atoms with Crippen molar-refractivity contribution in [2.75, 3.05) is 19.8 Å². The van der Waals surface area contributed by atoms with Gasteiger partial charge in [0.2, 0.25) is 0 Å². The van der Waals surface area contributed by atoms with Gasteiger partial charge in [-0.1, -0.05) is 36.4 Å². The van der Waals surface area contributed by atoms with Crippen molar-refractivity contribution in [3.63, 3.8) is 0 Å². The van der Waals surface area contributed by atoms with Crippen LogP contribution in [0, 0.1) is 0 Å². The Balaban J connectivity index is 1.52. The van der Waals surface area contributed by atoms with Crippen LogP contribution in [-0.4, -0.2) is 64.7 Å². The number of para-hydroxylation sites is 2. The molecular weight excluding hydrogens is 488 g/mol. The zero-order chi connectivity index (χ0) is 26.2. The summed E-state index contributed by atoms with van der Waals surface area (Å²) >= 11 is 0. The van der Waals surface area contributed by atoms with E-state index in [1.54, 1.807) is 60.7 Å². The Hall–Kier alpha value is -4.42. The summed E-state index contributed by atoms with van der Waals surface area (Å²) in [6.45, 7) is -1.59. The molecule has 4 rings (SSSR count). The summed E-state index contributed by atoms with van der Waals surface area (Å²) in [5.74, 6) is -0.823. The third-order valence-electron chi connectivity index (χ3n) is 5.33. The van der Waals surface area contributed by atoms with Gasteiger partial charge in [-0.05, 0) is 24.3 Å². The summed E-state index contributed by atoms with van der Waals surface area (Å²) < 4.78 is 28.5. The summed E-state index contributed by atoms with van der Waals surface area (Å²) in [5, 5.41) is 9.88. The van der Waals surface area contributed by atoms with Crippen molar-refractivity contribution < 1.29 is 38.4 Å². The van der Waals surface area contributed by atoms with Crippen LogP contribution in [0.25, 0.3) is 0 Å². The van der Waals surface area contributed by atoms with Crippen molar-refractivity contribution in [2.45, 2.75) is 24.5 Å². The molecule has 12 heteroatoms. The monoisotopic (exact) mass is 512 g/mol. The number of hydrogen-bond acceptors (Lipinski definition) is 10. The van der Waals surface area contributed by atoms with Crippen LogP contribution in [0.15, 0.2) is 82.5 Å². The van der Waals surface area contributed by atoms with Crippen LogP contribution in [0.5, 0.6) is 11.5 Å². The SMILES string of the molecule is O=C(COc1ccccc1)O[C@@H]1[C@H](OC(=O)COc2ccccc2)[C@@H](CO)O[C@H]1n1ccc(=O)[nH]c1=O. The first-order chi connectivity index (χ1) is 17.9. The number of benzene rings is 2. The van der Waals surface area contributed by atoms with Crippen molar-refractivity contribution in [3.05, 3.63) is 93.8 Å². The Bertz CT molecular complexity index is 1310. The minimum Gasteiger partial charge on any atom is -0.482 e. The lowest BCUT2D eigenvalue weighted by molar-refractivity contribution is -0.171. The Morgan fingerprint density at radius 3 is 1.89 bits per heavy atom. The molecule has 1 aliphatic rings. The summed E-state index contributed by atoms with van der Waals surface area (Å²) in [6.07, 6.45) is -4.01. The van der Waals surface area contributed by atoms with Crippen LogP contribution < -0.4 is 20.7 Å². The lowest BCUT2D eigenvalue weighted by atomic mass is 10.1. The predicted molar refractivity (Wildman–Crippen MR) is 126 cm³/mol. The van der Waals surface area contributed by atoms with Crippen LogP contribution in [0.4, 0.5) is 0 Å².